The average Bonchev–Trinajstić information content (AvgIpc) is 2.21. The highest BCUT2D eigenvalue weighted by atomic mass is 127. The third kappa shape index (κ3) is 5.73. The first-order chi connectivity index (χ1) is 8.30. The number of hydrogen-bond donors (Lipinski definition) is 1. The highest BCUT2D eigenvalue weighted by Gasteiger charge is 2.13. The van der Waals surface area contributed by atoms with Gasteiger partial charge >= 0.3 is 0 Å². The largest absolute Gasteiger partial charge is 0.378 e. The number of rotatable bonds is 6. The number of sulfonamides is 1. The van der Waals surface area contributed by atoms with E-state index in [1.807, 2.05) is 13.8 Å². The molecule has 0 aromatic heterocycles. The third-order valence-electron chi connectivity index (χ3n) is 2.00. The topological polar surface area (TPSA) is 55.4 Å². The fourth-order valence-corrected chi connectivity index (χ4v) is 3.07. The van der Waals surface area contributed by atoms with Crippen LogP contribution in [0.4, 0.5) is 5.69 Å². The molecule has 7 heteroatoms. The fraction of sp³-hybridized carbons (Fsp3) is 0.455. The van der Waals surface area contributed by atoms with Crippen molar-refractivity contribution in [2.75, 3.05) is 17.1 Å². The summed E-state index contributed by atoms with van der Waals surface area (Å²) < 4.78 is 32.1. The van der Waals surface area contributed by atoms with E-state index in [0.29, 0.717) is 10.7 Å². The van der Waals surface area contributed by atoms with Crippen LogP contribution in [0.1, 0.15) is 13.8 Å². The van der Waals surface area contributed by atoms with Crippen molar-refractivity contribution in [2.24, 2.45) is 0 Å². The van der Waals surface area contributed by atoms with Gasteiger partial charge in [-0.15, -0.1) is 0 Å². The smallest absolute Gasteiger partial charge is 0.235 e. The molecule has 18 heavy (non-hydrogen) atoms. The maximum absolute atomic E-state index is 11.8. The van der Waals surface area contributed by atoms with Crippen LogP contribution in [0.3, 0.4) is 0 Å². The van der Waals surface area contributed by atoms with Crippen molar-refractivity contribution in [1.29, 1.82) is 0 Å². The van der Waals surface area contributed by atoms with Crippen LogP contribution in [-0.2, 0) is 14.8 Å². The minimum absolute atomic E-state index is 0.0158. The van der Waals surface area contributed by atoms with Crippen molar-refractivity contribution in [2.45, 2.75) is 20.0 Å². The first-order valence-corrected chi connectivity index (χ1v) is 8.48. The Kier molecular flexibility index (Phi) is 6.16. The van der Waals surface area contributed by atoms with Crippen LogP contribution >= 0.6 is 34.2 Å². The SMILES string of the molecule is CC(C)OCCS(=O)(=O)Nc1ccc(I)cc1Cl. The molecule has 0 amide bonds. The van der Waals surface area contributed by atoms with Crippen LogP contribution in [0.2, 0.25) is 5.02 Å². The van der Waals surface area contributed by atoms with Gasteiger partial charge in [0, 0.05) is 3.57 Å². The van der Waals surface area contributed by atoms with E-state index in [4.69, 9.17) is 16.3 Å². The van der Waals surface area contributed by atoms with E-state index < -0.39 is 10.0 Å². The second-order valence-electron chi connectivity index (χ2n) is 3.96. The summed E-state index contributed by atoms with van der Waals surface area (Å²) in [6.07, 6.45) is 0.0158. The zero-order valence-electron chi connectivity index (χ0n) is 10.1. The molecule has 0 aliphatic heterocycles. The maximum atomic E-state index is 11.8. The summed E-state index contributed by atoms with van der Waals surface area (Å²) in [5.74, 6) is -0.0898. The van der Waals surface area contributed by atoms with E-state index in [1.54, 1.807) is 18.2 Å². The standard InChI is InChI=1S/C11H15ClINO3S/c1-8(2)17-5-6-18(15,16)14-11-4-3-9(13)7-10(11)12/h3-4,7-8,14H,5-6H2,1-2H3. The number of hydrogen-bond acceptors (Lipinski definition) is 3. The van der Waals surface area contributed by atoms with Crippen molar-refractivity contribution < 1.29 is 13.2 Å². The summed E-state index contributed by atoms with van der Waals surface area (Å²) in [6.45, 7) is 3.88. The molecule has 0 radical (unpaired) electrons. The van der Waals surface area contributed by atoms with Gasteiger partial charge in [0.1, 0.15) is 0 Å². The van der Waals surface area contributed by atoms with E-state index in [2.05, 4.69) is 27.3 Å². The Hall–Kier alpha value is -0.0500. The zero-order valence-corrected chi connectivity index (χ0v) is 13.8. The first-order valence-electron chi connectivity index (χ1n) is 5.37. The first kappa shape index (κ1) is 16.0. The molecule has 1 aromatic rings. The predicted octanol–water partition coefficient (Wildman–Crippen LogP) is 3.11. The number of ether oxygens (including phenoxy) is 1. The van der Waals surface area contributed by atoms with Crippen molar-refractivity contribution in [3.05, 3.63) is 26.8 Å². The lowest BCUT2D eigenvalue weighted by Crippen LogP contribution is -2.21. The molecule has 0 unspecified atom stereocenters. The Labute approximate surface area is 126 Å². The second-order valence-corrected chi connectivity index (χ2v) is 7.46. The molecule has 1 aromatic carbocycles. The summed E-state index contributed by atoms with van der Waals surface area (Å²) in [5.41, 5.74) is 0.390. The van der Waals surface area contributed by atoms with Crippen molar-refractivity contribution >= 4 is 49.9 Å². The summed E-state index contributed by atoms with van der Waals surface area (Å²) in [7, 11) is -3.43. The van der Waals surface area contributed by atoms with Crippen LogP contribution < -0.4 is 4.72 Å². The Morgan fingerprint density at radius 1 is 1.44 bits per heavy atom. The lowest BCUT2D eigenvalue weighted by molar-refractivity contribution is 0.0913. The summed E-state index contributed by atoms with van der Waals surface area (Å²) in [4.78, 5) is 0. The van der Waals surface area contributed by atoms with Gasteiger partial charge in [-0.05, 0) is 54.6 Å². The predicted molar refractivity (Wildman–Crippen MR) is 82.7 cm³/mol. The van der Waals surface area contributed by atoms with Gasteiger partial charge in [-0.3, -0.25) is 4.72 Å². The number of halogens is 2. The van der Waals surface area contributed by atoms with Gasteiger partial charge in [-0.1, -0.05) is 11.6 Å². The lowest BCUT2D eigenvalue weighted by atomic mass is 10.3. The molecule has 0 aliphatic carbocycles. The zero-order chi connectivity index (χ0) is 13.8. The molecular formula is C11H15ClINO3S. The number of nitrogens with one attached hydrogen (secondary N) is 1. The maximum Gasteiger partial charge on any atom is 0.235 e. The van der Waals surface area contributed by atoms with Crippen LogP contribution in [0.15, 0.2) is 18.2 Å². The van der Waals surface area contributed by atoms with Crippen LogP contribution in [0, 0.1) is 3.57 Å². The highest BCUT2D eigenvalue weighted by Crippen LogP contribution is 2.24. The van der Waals surface area contributed by atoms with Crippen molar-refractivity contribution in [1.82, 2.24) is 0 Å². The van der Waals surface area contributed by atoms with E-state index in [-0.39, 0.29) is 18.5 Å². The molecule has 1 N–H and O–H groups in total. The molecule has 4 nitrogen and oxygen atoms in total. The quantitative estimate of drug-likeness (QED) is 0.743. The molecule has 0 spiro atoms. The second kappa shape index (κ2) is 6.93. The molecule has 0 aliphatic rings. The molecule has 0 saturated heterocycles. The Morgan fingerprint density at radius 3 is 2.67 bits per heavy atom. The Balaban J connectivity index is 2.65. The van der Waals surface area contributed by atoms with E-state index in [9.17, 15) is 8.42 Å². The van der Waals surface area contributed by atoms with Gasteiger partial charge in [-0.2, -0.15) is 0 Å². The van der Waals surface area contributed by atoms with Gasteiger partial charge in [0.05, 0.1) is 29.2 Å². The summed E-state index contributed by atoms with van der Waals surface area (Å²) >= 11 is 8.06. The van der Waals surface area contributed by atoms with Gasteiger partial charge in [0.15, 0.2) is 0 Å². The molecule has 102 valence electrons. The normalized spacial score (nSPS) is 11.8. The van der Waals surface area contributed by atoms with Crippen molar-refractivity contribution in [3.8, 4) is 0 Å². The minimum atomic E-state index is -3.43. The molecule has 0 fully saturated rings. The van der Waals surface area contributed by atoms with Gasteiger partial charge in [0.2, 0.25) is 10.0 Å². The average molecular weight is 404 g/mol. The highest BCUT2D eigenvalue weighted by molar-refractivity contribution is 14.1. The minimum Gasteiger partial charge on any atom is -0.378 e. The molecule has 1 rings (SSSR count). The van der Waals surface area contributed by atoms with Crippen LogP contribution in [0.25, 0.3) is 0 Å². The monoisotopic (exact) mass is 403 g/mol. The van der Waals surface area contributed by atoms with Gasteiger partial charge in [0.25, 0.3) is 0 Å². The third-order valence-corrected chi connectivity index (χ3v) is 4.22. The summed E-state index contributed by atoms with van der Waals surface area (Å²) in [6, 6.07) is 5.13. The van der Waals surface area contributed by atoms with Gasteiger partial charge < -0.3 is 4.74 Å². The van der Waals surface area contributed by atoms with E-state index in [0.717, 1.165) is 3.57 Å². The summed E-state index contributed by atoms with van der Waals surface area (Å²) in [5, 5.41) is 0.384. The Bertz CT molecular complexity index is 505. The van der Waals surface area contributed by atoms with Crippen LogP contribution in [0.5, 0.6) is 0 Å². The molecule has 0 bridgehead atoms. The number of benzene rings is 1. The molecular weight excluding hydrogens is 389 g/mol. The van der Waals surface area contributed by atoms with E-state index >= 15 is 0 Å². The van der Waals surface area contributed by atoms with Crippen molar-refractivity contribution in [3.63, 3.8) is 0 Å². The Morgan fingerprint density at radius 2 is 2.11 bits per heavy atom. The van der Waals surface area contributed by atoms with Crippen LogP contribution in [-0.4, -0.2) is 26.9 Å². The number of anilines is 1. The molecule has 0 atom stereocenters. The fourth-order valence-electron chi connectivity index (χ4n) is 1.18. The van der Waals surface area contributed by atoms with E-state index in [1.165, 1.54) is 0 Å². The van der Waals surface area contributed by atoms with Gasteiger partial charge in [-0.25, -0.2) is 8.42 Å². The molecule has 0 heterocycles. The lowest BCUT2D eigenvalue weighted by Gasteiger charge is -2.11. The molecule has 0 saturated carbocycles.